The number of likely N-dealkylation sites (tertiary alicyclic amines) is 1. The van der Waals surface area contributed by atoms with Crippen LogP contribution in [0.3, 0.4) is 0 Å². The Balaban J connectivity index is 0.000000649. The maximum atomic E-state index is 11.3. The Morgan fingerprint density at radius 2 is 1.56 bits per heavy atom. The normalized spacial score (nSPS) is 20.5. The molecule has 1 aliphatic carbocycles. The van der Waals surface area contributed by atoms with E-state index in [0.29, 0.717) is 42.4 Å². The molecule has 0 amide bonds. The molecular formula is C37H45F3N10O4. The Kier molecular flexibility index (Phi) is 12.4. The molecule has 7 rings (SSSR count). The lowest BCUT2D eigenvalue weighted by Gasteiger charge is -2.26. The van der Waals surface area contributed by atoms with Crippen molar-refractivity contribution < 1.29 is 33.3 Å². The van der Waals surface area contributed by atoms with Gasteiger partial charge >= 0.3 is 12.1 Å². The van der Waals surface area contributed by atoms with Gasteiger partial charge in [-0.25, -0.2) is 9.78 Å². The van der Waals surface area contributed by atoms with Gasteiger partial charge in [0.1, 0.15) is 18.2 Å². The van der Waals surface area contributed by atoms with Crippen molar-refractivity contribution >= 4 is 28.9 Å². The molecule has 5 aromatic rings. The first-order valence-corrected chi connectivity index (χ1v) is 18.1. The van der Waals surface area contributed by atoms with Crippen LogP contribution in [-0.4, -0.2) is 112 Å². The summed E-state index contributed by atoms with van der Waals surface area (Å²) >= 11 is 0. The lowest BCUT2D eigenvalue weighted by atomic mass is 9.91. The van der Waals surface area contributed by atoms with Gasteiger partial charge < -0.3 is 35.4 Å². The highest BCUT2D eigenvalue weighted by Crippen LogP contribution is 2.40. The van der Waals surface area contributed by atoms with E-state index in [1.807, 2.05) is 23.6 Å². The van der Waals surface area contributed by atoms with Crippen molar-refractivity contribution in [2.45, 2.75) is 75.4 Å². The molecular weight excluding hydrogens is 705 g/mol. The molecule has 0 spiro atoms. The number of carboxylic acid groups (broad SMARTS) is 1. The first kappa shape index (κ1) is 38.6. The molecule has 4 atom stereocenters. The van der Waals surface area contributed by atoms with Crippen molar-refractivity contribution in [3.63, 3.8) is 0 Å². The largest absolute Gasteiger partial charge is 0.490 e. The quantitative estimate of drug-likeness (QED) is 0.119. The van der Waals surface area contributed by atoms with Crippen LogP contribution in [0, 0.1) is 0 Å². The number of nitrogens with zero attached hydrogens (tertiary/aromatic N) is 8. The molecule has 17 heteroatoms. The summed E-state index contributed by atoms with van der Waals surface area (Å²) in [5.41, 5.74) is 4.46. The topological polar surface area (TPSA) is 179 Å². The van der Waals surface area contributed by atoms with E-state index in [-0.39, 0.29) is 5.92 Å². The predicted molar refractivity (Wildman–Crippen MR) is 195 cm³/mol. The Morgan fingerprint density at radius 3 is 2.15 bits per heavy atom. The number of aliphatic hydroxyl groups excluding tert-OH is 2. The molecule has 0 unspecified atom stereocenters. The summed E-state index contributed by atoms with van der Waals surface area (Å²) < 4.78 is 33.6. The van der Waals surface area contributed by atoms with Crippen LogP contribution in [0.15, 0.2) is 73.2 Å². The molecule has 2 aliphatic rings. The molecule has 54 heavy (non-hydrogen) atoms. The van der Waals surface area contributed by atoms with Gasteiger partial charge in [0.15, 0.2) is 17.0 Å². The Labute approximate surface area is 310 Å². The molecule has 288 valence electrons. The van der Waals surface area contributed by atoms with Gasteiger partial charge in [-0.1, -0.05) is 74.0 Å². The standard InChI is InChI=1S/C35H44N10O2.C2HF3O2/c1-2-26-21-39-45(42-26)29-20-28(31(46)32(29)47)44-23-38-30-33(40-35(41-34(30)44)36-16-19-43-17-10-5-11-18-43)37-22-27(24-12-6-3-7-13-24)25-14-8-4-9-15-25;3-2(4,5)1(6)7/h3-4,6-9,12-15,21,23,27-29,31-32,46-47H,2,5,10-11,16-20,22H2,1H3,(H2,36,37,40,41);(H,6,7)/t28-,29+,31+,32-;/m1./s1. The van der Waals surface area contributed by atoms with Gasteiger partial charge in [0, 0.05) is 25.6 Å². The molecule has 0 bridgehead atoms. The molecule has 0 radical (unpaired) electrons. The number of alkyl halides is 3. The molecule has 2 aromatic carbocycles. The minimum atomic E-state index is -5.08. The summed E-state index contributed by atoms with van der Waals surface area (Å²) in [7, 11) is 0. The lowest BCUT2D eigenvalue weighted by molar-refractivity contribution is -0.192. The van der Waals surface area contributed by atoms with Crippen molar-refractivity contribution in [3.05, 3.63) is 90.0 Å². The number of imidazole rings is 1. The Morgan fingerprint density at radius 1 is 0.926 bits per heavy atom. The second-order valence-corrected chi connectivity index (χ2v) is 13.5. The number of anilines is 2. The van der Waals surface area contributed by atoms with Crippen LogP contribution in [0.2, 0.25) is 0 Å². The third-order valence-corrected chi connectivity index (χ3v) is 9.89. The van der Waals surface area contributed by atoms with Gasteiger partial charge in [0.2, 0.25) is 5.95 Å². The third kappa shape index (κ3) is 9.14. The Bertz CT molecular complexity index is 1910. The Hall–Kier alpha value is -5.13. The molecule has 2 fully saturated rings. The van der Waals surface area contributed by atoms with Crippen LogP contribution < -0.4 is 10.6 Å². The number of fused-ring (bicyclic) bond motifs is 1. The number of benzene rings is 2. The lowest BCUT2D eigenvalue weighted by Crippen LogP contribution is -2.34. The summed E-state index contributed by atoms with van der Waals surface area (Å²) in [6.07, 6.45) is 1.21. The minimum absolute atomic E-state index is 0.0853. The highest BCUT2D eigenvalue weighted by molar-refractivity contribution is 5.84. The maximum Gasteiger partial charge on any atom is 0.490 e. The molecule has 1 saturated heterocycles. The average molecular weight is 751 g/mol. The number of aliphatic carboxylic acids is 1. The van der Waals surface area contributed by atoms with E-state index in [4.69, 9.17) is 24.9 Å². The number of aromatic nitrogens is 7. The summed E-state index contributed by atoms with van der Waals surface area (Å²) in [6, 6.07) is 20.0. The van der Waals surface area contributed by atoms with Crippen molar-refractivity contribution in [2.24, 2.45) is 0 Å². The van der Waals surface area contributed by atoms with E-state index in [1.165, 1.54) is 35.2 Å². The minimum Gasteiger partial charge on any atom is -0.475 e. The van der Waals surface area contributed by atoms with E-state index < -0.39 is 36.4 Å². The van der Waals surface area contributed by atoms with Crippen LogP contribution in [0.1, 0.15) is 67.4 Å². The van der Waals surface area contributed by atoms with Crippen molar-refractivity contribution in [1.82, 2.24) is 39.4 Å². The first-order valence-electron chi connectivity index (χ1n) is 18.1. The average Bonchev–Trinajstić information content (AvgIpc) is 3.90. The highest BCUT2D eigenvalue weighted by Gasteiger charge is 2.45. The molecule has 1 aliphatic heterocycles. The number of halogens is 3. The number of nitrogens with one attached hydrogen (secondary N) is 2. The number of aliphatic hydroxyl groups is 2. The van der Waals surface area contributed by atoms with Crippen molar-refractivity contribution in [2.75, 3.05) is 43.4 Å². The predicted octanol–water partition coefficient (Wildman–Crippen LogP) is 4.66. The molecule has 4 heterocycles. The second kappa shape index (κ2) is 17.3. The maximum absolute atomic E-state index is 11.3. The van der Waals surface area contributed by atoms with Crippen molar-refractivity contribution in [1.29, 1.82) is 0 Å². The van der Waals surface area contributed by atoms with Crippen LogP contribution in [0.25, 0.3) is 11.2 Å². The number of hydrogen-bond acceptors (Lipinski definition) is 11. The number of rotatable bonds is 12. The summed E-state index contributed by atoms with van der Waals surface area (Å²) in [4.78, 5) is 27.5. The third-order valence-electron chi connectivity index (χ3n) is 9.89. The summed E-state index contributed by atoms with van der Waals surface area (Å²) in [5, 5.41) is 45.5. The van der Waals surface area contributed by atoms with Gasteiger partial charge in [-0.3, -0.25) is 0 Å². The van der Waals surface area contributed by atoms with Gasteiger partial charge in [0.05, 0.1) is 24.3 Å². The zero-order chi connectivity index (χ0) is 38.2. The number of carboxylic acids is 1. The monoisotopic (exact) mass is 750 g/mol. The smallest absolute Gasteiger partial charge is 0.475 e. The van der Waals surface area contributed by atoms with Crippen molar-refractivity contribution in [3.8, 4) is 0 Å². The molecule has 5 N–H and O–H groups in total. The number of carbonyl (C=O) groups is 1. The molecule has 14 nitrogen and oxygen atoms in total. The fourth-order valence-corrected chi connectivity index (χ4v) is 6.99. The fraction of sp³-hybridized carbons (Fsp3) is 0.459. The molecule has 1 saturated carbocycles. The zero-order valence-corrected chi connectivity index (χ0v) is 29.8. The van der Waals surface area contributed by atoms with Gasteiger partial charge in [-0.05, 0) is 49.9 Å². The van der Waals surface area contributed by atoms with Crippen LogP contribution in [0.4, 0.5) is 24.9 Å². The highest BCUT2D eigenvalue weighted by atomic mass is 19.4. The SMILES string of the molecule is CCc1cnn([C@H]2C[C@@H](n3cnc4c(NCC(c5ccccc5)c5ccccc5)nc(NCCN5CCCCC5)nc43)[C@H](O)[C@@H]2O)n1.O=C(O)C(F)(F)F. The number of piperidine rings is 1. The summed E-state index contributed by atoms with van der Waals surface area (Å²) in [5.74, 6) is -1.55. The van der Waals surface area contributed by atoms with E-state index in [9.17, 15) is 23.4 Å². The van der Waals surface area contributed by atoms with Crippen LogP contribution in [-0.2, 0) is 11.2 Å². The molecule has 3 aromatic heterocycles. The fourth-order valence-electron chi connectivity index (χ4n) is 6.99. The number of aryl methyl sites for hydroxylation is 1. The van der Waals surface area contributed by atoms with E-state index >= 15 is 0 Å². The van der Waals surface area contributed by atoms with Gasteiger partial charge in [-0.15, -0.1) is 0 Å². The first-order chi connectivity index (χ1) is 26.0. The van der Waals surface area contributed by atoms with Crippen LogP contribution in [0.5, 0.6) is 0 Å². The summed E-state index contributed by atoms with van der Waals surface area (Å²) in [6.45, 7) is 6.48. The van der Waals surface area contributed by atoms with Gasteiger partial charge in [-0.2, -0.15) is 38.1 Å². The van der Waals surface area contributed by atoms with E-state index in [0.717, 1.165) is 31.7 Å². The van der Waals surface area contributed by atoms with E-state index in [1.54, 1.807) is 12.5 Å². The van der Waals surface area contributed by atoms with Crippen LogP contribution >= 0.6 is 0 Å². The van der Waals surface area contributed by atoms with E-state index in [2.05, 4.69) is 74.3 Å². The second-order valence-electron chi connectivity index (χ2n) is 13.5. The zero-order valence-electron chi connectivity index (χ0n) is 29.8. The number of hydrogen-bond donors (Lipinski definition) is 5. The van der Waals surface area contributed by atoms with Gasteiger partial charge in [0.25, 0.3) is 0 Å².